The SMILES string of the molecule is CCN1CCC(Cn2cncc2[C@@H](C)N)C1. The fourth-order valence-corrected chi connectivity index (χ4v) is 2.49. The van der Waals surface area contributed by atoms with Gasteiger partial charge in [0.25, 0.3) is 0 Å². The van der Waals surface area contributed by atoms with Gasteiger partial charge in [0, 0.05) is 25.3 Å². The standard InChI is InChI=1S/C12H22N4/c1-3-15-5-4-11(7-15)8-16-9-14-6-12(16)10(2)13/h6,9-11H,3-5,7-8,13H2,1-2H3/t10-,11?/m1/s1. The Bertz CT molecular complexity index is 332. The molecule has 2 rings (SSSR count). The fraction of sp³-hybridized carbons (Fsp3) is 0.750. The number of nitrogens with two attached hydrogens (primary N) is 1. The van der Waals surface area contributed by atoms with Crippen LogP contribution in [0.4, 0.5) is 0 Å². The molecular formula is C12H22N4. The summed E-state index contributed by atoms with van der Waals surface area (Å²) in [6.45, 7) is 8.93. The van der Waals surface area contributed by atoms with Crippen LogP contribution in [0.5, 0.6) is 0 Å². The maximum absolute atomic E-state index is 5.92. The minimum Gasteiger partial charge on any atom is -0.333 e. The highest BCUT2D eigenvalue weighted by Gasteiger charge is 2.22. The van der Waals surface area contributed by atoms with Crippen LogP contribution < -0.4 is 5.73 Å². The number of aromatic nitrogens is 2. The summed E-state index contributed by atoms with van der Waals surface area (Å²) in [5.74, 6) is 0.756. The summed E-state index contributed by atoms with van der Waals surface area (Å²) in [5, 5.41) is 0. The maximum Gasteiger partial charge on any atom is 0.0948 e. The van der Waals surface area contributed by atoms with Crippen molar-refractivity contribution in [1.29, 1.82) is 0 Å². The van der Waals surface area contributed by atoms with Gasteiger partial charge in [-0.05, 0) is 32.4 Å². The molecule has 0 amide bonds. The van der Waals surface area contributed by atoms with Gasteiger partial charge in [0.1, 0.15) is 0 Å². The topological polar surface area (TPSA) is 47.1 Å². The molecule has 0 aromatic carbocycles. The van der Waals surface area contributed by atoms with Crippen LogP contribution in [0.1, 0.15) is 32.0 Å². The zero-order chi connectivity index (χ0) is 11.5. The third-order valence-electron chi connectivity index (χ3n) is 3.48. The van der Waals surface area contributed by atoms with Crippen molar-refractivity contribution in [2.45, 2.75) is 32.9 Å². The van der Waals surface area contributed by atoms with E-state index in [0.717, 1.165) is 18.2 Å². The molecule has 0 aliphatic carbocycles. The number of hydrogen-bond donors (Lipinski definition) is 1. The zero-order valence-electron chi connectivity index (χ0n) is 10.3. The minimum atomic E-state index is 0.0752. The van der Waals surface area contributed by atoms with Crippen LogP contribution in [0.2, 0.25) is 0 Å². The van der Waals surface area contributed by atoms with Gasteiger partial charge in [-0.25, -0.2) is 4.98 Å². The number of rotatable bonds is 4. The van der Waals surface area contributed by atoms with E-state index in [1.807, 2.05) is 19.4 Å². The molecule has 2 N–H and O–H groups in total. The second kappa shape index (κ2) is 4.97. The molecule has 1 unspecified atom stereocenters. The number of hydrogen-bond acceptors (Lipinski definition) is 3. The molecule has 0 bridgehead atoms. The van der Waals surface area contributed by atoms with Crippen molar-refractivity contribution in [1.82, 2.24) is 14.5 Å². The van der Waals surface area contributed by atoms with E-state index in [1.165, 1.54) is 26.1 Å². The molecule has 0 spiro atoms. The Morgan fingerprint density at radius 2 is 2.44 bits per heavy atom. The largest absolute Gasteiger partial charge is 0.333 e. The van der Waals surface area contributed by atoms with Gasteiger partial charge in [-0.1, -0.05) is 6.92 Å². The molecule has 16 heavy (non-hydrogen) atoms. The van der Waals surface area contributed by atoms with Crippen LogP contribution in [-0.2, 0) is 6.54 Å². The van der Waals surface area contributed by atoms with Gasteiger partial charge in [-0.3, -0.25) is 0 Å². The summed E-state index contributed by atoms with van der Waals surface area (Å²) in [7, 11) is 0. The van der Waals surface area contributed by atoms with Crippen LogP contribution in [0.25, 0.3) is 0 Å². The molecular weight excluding hydrogens is 200 g/mol. The Kier molecular flexibility index (Phi) is 3.61. The second-order valence-corrected chi connectivity index (χ2v) is 4.81. The van der Waals surface area contributed by atoms with Gasteiger partial charge in [-0.15, -0.1) is 0 Å². The first kappa shape index (κ1) is 11.6. The first-order valence-electron chi connectivity index (χ1n) is 6.18. The fourth-order valence-electron chi connectivity index (χ4n) is 2.49. The zero-order valence-corrected chi connectivity index (χ0v) is 10.3. The molecule has 1 saturated heterocycles. The number of imidazole rings is 1. The Morgan fingerprint density at radius 1 is 1.62 bits per heavy atom. The lowest BCUT2D eigenvalue weighted by molar-refractivity contribution is 0.331. The van der Waals surface area contributed by atoms with Crippen molar-refractivity contribution < 1.29 is 0 Å². The summed E-state index contributed by atoms with van der Waals surface area (Å²) in [6, 6.07) is 0.0752. The van der Waals surface area contributed by atoms with Crippen LogP contribution in [0.3, 0.4) is 0 Å². The van der Waals surface area contributed by atoms with Gasteiger partial charge >= 0.3 is 0 Å². The Labute approximate surface area is 97.4 Å². The van der Waals surface area contributed by atoms with Crippen molar-refractivity contribution in [2.75, 3.05) is 19.6 Å². The first-order valence-corrected chi connectivity index (χ1v) is 6.18. The molecule has 4 nitrogen and oxygen atoms in total. The monoisotopic (exact) mass is 222 g/mol. The van der Waals surface area contributed by atoms with Crippen molar-refractivity contribution in [3.63, 3.8) is 0 Å². The van der Waals surface area contributed by atoms with E-state index >= 15 is 0 Å². The highest BCUT2D eigenvalue weighted by atomic mass is 15.2. The summed E-state index contributed by atoms with van der Waals surface area (Å²) in [6.07, 6.45) is 5.09. The molecule has 0 saturated carbocycles. The average molecular weight is 222 g/mol. The third-order valence-corrected chi connectivity index (χ3v) is 3.48. The molecule has 1 aliphatic rings. The van der Waals surface area contributed by atoms with Gasteiger partial charge in [0.15, 0.2) is 0 Å². The first-order chi connectivity index (χ1) is 7.70. The molecule has 90 valence electrons. The smallest absolute Gasteiger partial charge is 0.0948 e. The van der Waals surface area contributed by atoms with E-state index in [4.69, 9.17) is 5.73 Å². The minimum absolute atomic E-state index is 0.0752. The Morgan fingerprint density at radius 3 is 3.06 bits per heavy atom. The Hall–Kier alpha value is -0.870. The maximum atomic E-state index is 5.92. The van der Waals surface area contributed by atoms with E-state index in [1.54, 1.807) is 0 Å². The molecule has 1 aliphatic heterocycles. The molecule has 2 atom stereocenters. The summed E-state index contributed by atoms with van der Waals surface area (Å²) in [4.78, 5) is 6.70. The van der Waals surface area contributed by atoms with Crippen LogP contribution >= 0.6 is 0 Å². The second-order valence-electron chi connectivity index (χ2n) is 4.81. The number of nitrogens with zero attached hydrogens (tertiary/aromatic N) is 3. The molecule has 1 aromatic rings. The summed E-state index contributed by atoms with van der Waals surface area (Å²) >= 11 is 0. The van der Waals surface area contributed by atoms with Gasteiger partial charge < -0.3 is 15.2 Å². The lowest BCUT2D eigenvalue weighted by atomic mass is 10.1. The highest BCUT2D eigenvalue weighted by Crippen LogP contribution is 2.19. The van der Waals surface area contributed by atoms with Gasteiger partial charge in [0.2, 0.25) is 0 Å². The lowest BCUT2D eigenvalue weighted by Crippen LogP contribution is -2.22. The van der Waals surface area contributed by atoms with E-state index in [9.17, 15) is 0 Å². The van der Waals surface area contributed by atoms with Crippen LogP contribution in [0, 0.1) is 5.92 Å². The van der Waals surface area contributed by atoms with E-state index < -0.39 is 0 Å². The molecule has 0 radical (unpaired) electrons. The summed E-state index contributed by atoms with van der Waals surface area (Å²) < 4.78 is 2.22. The van der Waals surface area contributed by atoms with E-state index in [-0.39, 0.29) is 6.04 Å². The van der Waals surface area contributed by atoms with E-state index in [2.05, 4.69) is 21.4 Å². The third kappa shape index (κ3) is 2.44. The van der Waals surface area contributed by atoms with Crippen molar-refractivity contribution in [3.8, 4) is 0 Å². The normalized spacial score (nSPS) is 23.8. The number of likely N-dealkylation sites (tertiary alicyclic amines) is 1. The average Bonchev–Trinajstić information content (AvgIpc) is 2.87. The summed E-state index contributed by atoms with van der Waals surface area (Å²) in [5.41, 5.74) is 7.06. The lowest BCUT2D eigenvalue weighted by Gasteiger charge is -2.16. The quantitative estimate of drug-likeness (QED) is 0.834. The Balaban J connectivity index is 1.96. The molecule has 1 fully saturated rings. The van der Waals surface area contributed by atoms with Crippen LogP contribution in [0.15, 0.2) is 12.5 Å². The molecule has 1 aromatic heterocycles. The van der Waals surface area contributed by atoms with Gasteiger partial charge in [-0.2, -0.15) is 0 Å². The van der Waals surface area contributed by atoms with Crippen LogP contribution in [-0.4, -0.2) is 34.1 Å². The predicted octanol–water partition coefficient (Wildman–Crippen LogP) is 1.24. The van der Waals surface area contributed by atoms with Crippen molar-refractivity contribution in [2.24, 2.45) is 11.7 Å². The van der Waals surface area contributed by atoms with Gasteiger partial charge in [0.05, 0.1) is 12.0 Å². The van der Waals surface area contributed by atoms with E-state index in [0.29, 0.717) is 0 Å². The highest BCUT2D eigenvalue weighted by molar-refractivity contribution is 5.03. The van der Waals surface area contributed by atoms with Crippen molar-refractivity contribution in [3.05, 3.63) is 18.2 Å². The predicted molar refractivity (Wildman–Crippen MR) is 65.1 cm³/mol. The molecule has 2 heterocycles. The molecule has 4 heteroatoms. The van der Waals surface area contributed by atoms with Crippen molar-refractivity contribution >= 4 is 0 Å².